The number of imide groups is 1. The zero-order chi connectivity index (χ0) is 22.8. The SMILES string of the molecule is COC(=O)c1cccc(NC(=O)CCCN2C(=O)c3cccc4cccc(c34)C2=O)c1O. The van der Waals surface area contributed by atoms with Crippen molar-refractivity contribution in [3.05, 3.63) is 71.3 Å². The third-order valence-corrected chi connectivity index (χ3v) is 5.36. The lowest BCUT2D eigenvalue weighted by Gasteiger charge is -2.27. The number of anilines is 1. The van der Waals surface area contributed by atoms with Gasteiger partial charge in [0, 0.05) is 29.5 Å². The van der Waals surface area contributed by atoms with Crippen LogP contribution in [0.1, 0.15) is 43.9 Å². The Morgan fingerprint density at radius 2 is 1.59 bits per heavy atom. The van der Waals surface area contributed by atoms with Crippen molar-refractivity contribution in [2.24, 2.45) is 0 Å². The molecule has 1 heterocycles. The maximum absolute atomic E-state index is 12.9. The van der Waals surface area contributed by atoms with Crippen LogP contribution in [0.5, 0.6) is 5.75 Å². The molecule has 4 rings (SSSR count). The zero-order valence-electron chi connectivity index (χ0n) is 17.3. The number of phenolic OH excluding ortho intramolecular Hbond substituents is 1. The average molecular weight is 432 g/mol. The van der Waals surface area contributed by atoms with E-state index in [1.165, 1.54) is 25.3 Å². The molecule has 0 atom stereocenters. The van der Waals surface area contributed by atoms with Crippen LogP contribution in [0.2, 0.25) is 0 Å². The maximum atomic E-state index is 12.9. The number of methoxy groups -OCH3 is 1. The molecule has 1 aliphatic heterocycles. The minimum atomic E-state index is -0.726. The third-order valence-electron chi connectivity index (χ3n) is 5.36. The third kappa shape index (κ3) is 3.66. The Bertz CT molecular complexity index is 1220. The van der Waals surface area contributed by atoms with E-state index in [0.29, 0.717) is 16.5 Å². The Morgan fingerprint density at radius 1 is 0.969 bits per heavy atom. The van der Waals surface area contributed by atoms with Crippen molar-refractivity contribution in [1.82, 2.24) is 4.90 Å². The van der Waals surface area contributed by atoms with Crippen molar-refractivity contribution in [3.8, 4) is 5.75 Å². The van der Waals surface area contributed by atoms with Gasteiger partial charge >= 0.3 is 5.97 Å². The van der Waals surface area contributed by atoms with Crippen LogP contribution in [0, 0.1) is 0 Å². The van der Waals surface area contributed by atoms with Crippen molar-refractivity contribution < 1.29 is 29.0 Å². The number of carbonyl (C=O) groups excluding carboxylic acids is 4. The van der Waals surface area contributed by atoms with Crippen LogP contribution in [-0.4, -0.2) is 47.4 Å². The molecule has 8 heteroatoms. The number of benzene rings is 3. The standard InChI is InChI=1S/C24H20N2O6/c1-32-24(31)17-10-4-11-18(21(17)28)25-19(27)12-5-13-26-22(29)15-8-2-6-14-7-3-9-16(20(14)15)23(26)30/h2-4,6-11,28H,5,12-13H2,1H3,(H,25,27). The van der Waals surface area contributed by atoms with Gasteiger partial charge in [0.05, 0.1) is 12.8 Å². The molecule has 0 aromatic heterocycles. The van der Waals surface area contributed by atoms with E-state index in [4.69, 9.17) is 0 Å². The molecule has 0 fully saturated rings. The first-order chi connectivity index (χ1) is 15.4. The molecule has 162 valence electrons. The second-order valence-electron chi connectivity index (χ2n) is 7.32. The number of amides is 3. The summed E-state index contributed by atoms with van der Waals surface area (Å²) < 4.78 is 4.59. The molecule has 0 saturated carbocycles. The number of hydrogen-bond donors (Lipinski definition) is 2. The van der Waals surface area contributed by atoms with Crippen molar-refractivity contribution in [2.75, 3.05) is 19.0 Å². The molecule has 3 aromatic rings. The van der Waals surface area contributed by atoms with E-state index in [2.05, 4.69) is 10.1 Å². The lowest BCUT2D eigenvalue weighted by molar-refractivity contribution is -0.116. The predicted molar refractivity (Wildman–Crippen MR) is 117 cm³/mol. The summed E-state index contributed by atoms with van der Waals surface area (Å²) in [6.45, 7) is 0.0734. The molecule has 3 aromatic carbocycles. The second-order valence-corrected chi connectivity index (χ2v) is 7.32. The highest BCUT2D eigenvalue weighted by atomic mass is 16.5. The van der Waals surface area contributed by atoms with Gasteiger partial charge in [-0.25, -0.2) is 4.79 Å². The number of rotatable bonds is 6. The molecule has 0 unspecified atom stereocenters. The van der Waals surface area contributed by atoms with Gasteiger partial charge in [0.2, 0.25) is 5.91 Å². The number of esters is 1. The number of nitrogens with one attached hydrogen (secondary N) is 1. The lowest BCUT2D eigenvalue weighted by Crippen LogP contribution is -2.41. The van der Waals surface area contributed by atoms with Gasteiger partial charge in [-0.2, -0.15) is 0 Å². The van der Waals surface area contributed by atoms with Gasteiger partial charge in [0.25, 0.3) is 11.8 Å². The molecule has 0 bridgehead atoms. The van der Waals surface area contributed by atoms with Crippen LogP contribution < -0.4 is 5.32 Å². The number of hydrogen-bond acceptors (Lipinski definition) is 6. The molecule has 8 nitrogen and oxygen atoms in total. The van der Waals surface area contributed by atoms with Crippen LogP contribution in [0.3, 0.4) is 0 Å². The quantitative estimate of drug-likeness (QED) is 0.351. The highest BCUT2D eigenvalue weighted by molar-refractivity contribution is 6.25. The van der Waals surface area contributed by atoms with E-state index in [9.17, 15) is 24.3 Å². The van der Waals surface area contributed by atoms with Crippen molar-refractivity contribution in [1.29, 1.82) is 0 Å². The van der Waals surface area contributed by atoms with Gasteiger partial charge in [0.1, 0.15) is 5.56 Å². The van der Waals surface area contributed by atoms with Crippen molar-refractivity contribution in [2.45, 2.75) is 12.8 Å². The molecule has 0 spiro atoms. The second kappa shape index (κ2) is 8.50. The van der Waals surface area contributed by atoms with Crippen LogP contribution >= 0.6 is 0 Å². The highest BCUT2D eigenvalue weighted by Crippen LogP contribution is 2.30. The molecule has 0 radical (unpaired) electrons. The van der Waals surface area contributed by atoms with E-state index in [1.807, 2.05) is 12.1 Å². The zero-order valence-corrected chi connectivity index (χ0v) is 17.3. The first kappa shape index (κ1) is 21.0. The number of para-hydroxylation sites is 1. The topological polar surface area (TPSA) is 113 Å². The minimum absolute atomic E-state index is 0.00476. The fourth-order valence-corrected chi connectivity index (χ4v) is 3.81. The van der Waals surface area contributed by atoms with Crippen LogP contribution in [0.25, 0.3) is 10.8 Å². The molecule has 0 aliphatic carbocycles. The minimum Gasteiger partial charge on any atom is -0.505 e. The Morgan fingerprint density at radius 3 is 2.22 bits per heavy atom. The molecule has 0 saturated heterocycles. The maximum Gasteiger partial charge on any atom is 0.341 e. The Kier molecular flexibility index (Phi) is 5.59. The fourth-order valence-electron chi connectivity index (χ4n) is 3.81. The molecule has 3 amide bonds. The largest absolute Gasteiger partial charge is 0.505 e. The van der Waals surface area contributed by atoms with Gasteiger partial charge in [-0.05, 0) is 36.1 Å². The number of ether oxygens (including phenoxy) is 1. The number of aromatic hydroxyl groups is 1. The van der Waals surface area contributed by atoms with Crippen molar-refractivity contribution >= 4 is 40.2 Å². The van der Waals surface area contributed by atoms with Crippen LogP contribution in [-0.2, 0) is 9.53 Å². The summed E-state index contributed by atoms with van der Waals surface area (Å²) in [4.78, 5) is 50.9. The van der Waals surface area contributed by atoms with Crippen LogP contribution in [0.4, 0.5) is 5.69 Å². The van der Waals surface area contributed by atoms with Gasteiger partial charge in [-0.15, -0.1) is 0 Å². The fraction of sp³-hybridized carbons (Fsp3) is 0.167. The normalized spacial score (nSPS) is 12.7. The first-order valence-corrected chi connectivity index (χ1v) is 10.0. The van der Waals surface area contributed by atoms with E-state index < -0.39 is 17.6 Å². The molecule has 2 N–H and O–H groups in total. The van der Waals surface area contributed by atoms with E-state index >= 15 is 0 Å². The smallest absolute Gasteiger partial charge is 0.341 e. The molecule has 1 aliphatic rings. The first-order valence-electron chi connectivity index (χ1n) is 10.0. The van der Waals surface area contributed by atoms with E-state index in [0.717, 1.165) is 10.3 Å². The Balaban J connectivity index is 1.42. The summed E-state index contributed by atoms with van der Waals surface area (Å²) in [6, 6.07) is 15.0. The molecule has 32 heavy (non-hydrogen) atoms. The van der Waals surface area contributed by atoms with Gasteiger partial charge in [-0.1, -0.05) is 30.3 Å². The van der Waals surface area contributed by atoms with Gasteiger partial charge in [-0.3, -0.25) is 19.3 Å². The molecular weight excluding hydrogens is 412 g/mol. The summed E-state index contributed by atoms with van der Waals surface area (Å²) in [5.41, 5.74) is 0.935. The van der Waals surface area contributed by atoms with Gasteiger partial charge < -0.3 is 15.2 Å². The lowest BCUT2D eigenvalue weighted by atomic mass is 9.94. The Labute approximate surface area is 183 Å². The predicted octanol–water partition coefficient (Wildman–Crippen LogP) is 3.35. The summed E-state index contributed by atoms with van der Waals surface area (Å²) in [6.07, 6.45) is 0.240. The van der Waals surface area contributed by atoms with E-state index in [-0.39, 0.29) is 42.5 Å². The monoisotopic (exact) mass is 432 g/mol. The number of nitrogens with zero attached hydrogens (tertiary/aromatic N) is 1. The average Bonchev–Trinajstić information content (AvgIpc) is 2.80. The molecular formula is C24H20N2O6. The summed E-state index contributed by atoms with van der Waals surface area (Å²) in [5, 5.41) is 14.2. The van der Waals surface area contributed by atoms with Crippen LogP contribution in [0.15, 0.2) is 54.6 Å². The highest BCUT2D eigenvalue weighted by Gasteiger charge is 2.32. The summed E-state index contributed by atoms with van der Waals surface area (Å²) >= 11 is 0. The summed E-state index contributed by atoms with van der Waals surface area (Å²) in [5.74, 6) is -2.32. The summed E-state index contributed by atoms with van der Waals surface area (Å²) in [7, 11) is 1.19. The number of phenols is 1. The van der Waals surface area contributed by atoms with Gasteiger partial charge in [0.15, 0.2) is 5.75 Å². The van der Waals surface area contributed by atoms with Crippen molar-refractivity contribution in [3.63, 3.8) is 0 Å². The number of carbonyl (C=O) groups is 4. The Hall–Kier alpha value is -4.20. The van der Waals surface area contributed by atoms with E-state index in [1.54, 1.807) is 24.3 Å².